The van der Waals surface area contributed by atoms with Crippen molar-refractivity contribution in [2.24, 2.45) is 0 Å². The first-order chi connectivity index (χ1) is 10.2. The minimum Gasteiger partial charge on any atom is -0.494 e. The molecule has 0 spiro atoms. The highest BCUT2D eigenvalue weighted by Crippen LogP contribution is 2.33. The second-order valence-electron chi connectivity index (χ2n) is 5.45. The molecule has 1 aliphatic heterocycles. The lowest BCUT2D eigenvalue weighted by atomic mass is 9.73. The Kier molecular flexibility index (Phi) is 4.67. The molecular weight excluding hydrogens is 394 g/mol. The largest absolute Gasteiger partial charge is 0.494 e. The molecule has 0 bridgehead atoms. The van der Waals surface area contributed by atoms with Crippen LogP contribution < -0.4 is 10.1 Å². The summed E-state index contributed by atoms with van der Waals surface area (Å²) in [6.07, 6.45) is 1.02. The maximum Gasteiger partial charge on any atom is 0.120 e. The smallest absolute Gasteiger partial charge is 0.120 e. The molecule has 2 aromatic carbocycles. The Balaban J connectivity index is 1.65. The molecule has 2 aromatic rings. The van der Waals surface area contributed by atoms with E-state index in [4.69, 9.17) is 4.74 Å². The summed E-state index contributed by atoms with van der Waals surface area (Å²) in [5, 5.41) is 3.40. The Morgan fingerprint density at radius 1 is 1.00 bits per heavy atom. The van der Waals surface area contributed by atoms with Gasteiger partial charge >= 0.3 is 0 Å². The molecule has 1 aliphatic rings. The highest BCUT2D eigenvalue weighted by Gasteiger charge is 2.38. The summed E-state index contributed by atoms with van der Waals surface area (Å²) in [4.78, 5) is 0. The number of halogens is 2. The van der Waals surface area contributed by atoms with E-state index in [2.05, 4.69) is 61.4 Å². The van der Waals surface area contributed by atoms with Gasteiger partial charge in [-0.1, -0.05) is 50.1 Å². The molecule has 0 amide bonds. The molecule has 0 unspecified atom stereocenters. The van der Waals surface area contributed by atoms with Crippen LogP contribution >= 0.6 is 31.9 Å². The molecule has 0 radical (unpaired) electrons. The van der Waals surface area contributed by atoms with Crippen LogP contribution in [0.1, 0.15) is 12.0 Å². The Morgan fingerprint density at radius 3 is 2.33 bits per heavy atom. The molecule has 2 nitrogen and oxygen atoms in total. The molecule has 0 aromatic heterocycles. The number of hydrogen-bond acceptors (Lipinski definition) is 2. The normalized spacial score (nSPS) is 16.3. The molecule has 0 aliphatic carbocycles. The van der Waals surface area contributed by atoms with E-state index in [9.17, 15) is 0 Å². The zero-order valence-electron chi connectivity index (χ0n) is 11.6. The molecule has 4 heteroatoms. The van der Waals surface area contributed by atoms with E-state index in [1.165, 1.54) is 5.56 Å². The molecule has 1 N–H and O–H groups in total. The minimum absolute atomic E-state index is 0.204. The molecule has 1 saturated heterocycles. The fraction of sp³-hybridized carbons (Fsp3) is 0.294. The second-order valence-corrected chi connectivity index (χ2v) is 7.28. The van der Waals surface area contributed by atoms with Crippen LogP contribution in [0.3, 0.4) is 0 Å². The van der Waals surface area contributed by atoms with Crippen LogP contribution in [0.5, 0.6) is 5.75 Å². The molecule has 21 heavy (non-hydrogen) atoms. The van der Waals surface area contributed by atoms with Crippen molar-refractivity contribution in [3.8, 4) is 5.75 Å². The van der Waals surface area contributed by atoms with E-state index in [0.29, 0.717) is 0 Å². The third-order valence-corrected chi connectivity index (χ3v) is 5.00. The molecule has 1 fully saturated rings. The Morgan fingerprint density at radius 2 is 1.71 bits per heavy atom. The van der Waals surface area contributed by atoms with Crippen LogP contribution in [0.4, 0.5) is 0 Å². The van der Waals surface area contributed by atoms with Crippen molar-refractivity contribution in [3.63, 3.8) is 0 Å². The zero-order chi connectivity index (χ0) is 14.7. The van der Waals surface area contributed by atoms with Crippen LogP contribution in [0, 0.1) is 0 Å². The lowest BCUT2D eigenvalue weighted by Crippen LogP contribution is -2.57. The predicted molar refractivity (Wildman–Crippen MR) is 92.9 cm³/mol. The van der Waals surface area contributed by atoms with E-state index >= 15 is 0 Å². The van der Waals surface area contributed by atoms with Crippen molar-refractivity contribution in [1.29, 1.82) is 0 Å². The SMILES string of the molecule is Brc1cccc(OCCC2(c3cccc(Br)c3)CNC2)c1. The van der Waals surface area contributed by atoms with Gasteiger partial charge in [-0.15, -0.1) is 0 Å². The van der Waals surface area contributed by atoms with E-state index in [1.807, 2.05) is 24.3 Å². The average Bonchev–Trinajstić information content (AvgIpc) is 2.42. The third kappa shape index (κ3) is 3.50. The number of hydrogen-bond donors (Lipinski definition) is 1. The highest BCUT2D eigenvalue weighted by molar-refractivity contribution is 9.10. The first kappa shape index (κ1) is 15.1. The van der Waals surface area contributed by atoms with Gasteiger partial charge in [-0.3, -0.25) is 0 Å². The lowest BCUT2D eigenvalue weighted by Gasteiger charge is -2.43. The van der Waals surface area contributed by atoms with E-state index < -0.39 is 0 Å². The second kappa shape index (κ2) is 6.51. The van der Waals surface area contributed by atoms with E-state index in [1.54, 1.807) is 0 Å². The van der Waals surface area contributed by atoms with Crippen molar-refractivity contribution >= 4 is 31.9 Å². The number of ether oxygens (including phenoxy) is 1. The first-order valence-electron chi connectivity index (χ1n) is 7.03. The van der Waals surface area contributed by atoms with Crippen LogP contribution in [0.15, 0.2) is 57.5 Å². The van der Waals surface area contributed by atoms with Gasteiger partial charge in [0, 0.05) is 27.4 Å². The molecule has 0 atom stereocenters. The highest BCUT2D eigenvalue weighted by atomic mass is 79.9. The summed E-state index contributed by atoms with van der Waals surface area (Å²) in [6.45, 7) is 2.77. The van der Waals surface area contributed by atoms with Gasteiger partial charge in [0.15, 0.2) is 0 Å². The summed E-state index contributed by atoms with van der Waals surface area (Å²) >= 11 is 7.03. The van der Waals surface area contributed by atoms with E-state index in [-0.39, 0.29) is 5.41 Å². The first-order valence-corrected chi connectivity index (χ1v) is 8.62. The van der Waals surface area contributed by atoms with Gasteiger partial charge in [-0.05, 0) is 42.3 Å². The van der Waals surface area contributed by atoms with E-state index in [0.717, 1.165) is 40.8 Å². The molecule has 1 heterocycles. The van der Waals surface area contributed by atoms with Gasteiger partial charge in [0.05, 0.1) is 6.61 Å². The monoisotopic (exact) mass is 409 g/mol. The predicted octanol–water partition coefficient (Wildman–Crippen LogP) is 4.52. The third-order valence-electron chi connectivity index (χ3n) is 4.01. The van der Waals surface area contributed by atoms with Gasteiger partial charge in [-0.25, -0.2) is 0 Å². The van der Waals surface area contributed by atoms with Crippen molar-refractivity contribution in [1.82, 2.24) is 5.32 Å². The lowest BCUT2D eigenvalue weighted by molar-refractivity contribution is 0.199. The van der Waals surface area contributed by atoms with Gasteiger partial charge in [0.2, 0.25) is 0 Å². The van der Waals surface area contributed by atoms with Crippen molar-refractivity contribution < 1.29 is 4.74 Å². The van der Waals surface area contributed by atoms with Gasteiger partial charge in [-0.2, -0.15) is 0 Å². The topological polar surface area (TPSA) is 21.3 Å². The summed E-state index contributed by atoms with van der Waals surface area (Å²) in [6, 6.07) is 16.6. The molecule has 110 valence electrons. The fourth-order valence-corrected chi connectivity index (χ4v) is 3.47. The van der Waals surface area contributed by atoms with Crippen LogP contribution in [0.2, 0.25) is 0 Å². The number of benzene rings is 2. The maximum absolute atomic E-state index is 5.90. The van der Waals surface area contributed by atoms with Gasteiger partial charge in [0.25, 0.3) is 0 Å². The molecule has 0 saturated carbocycles. The van der Waals surface area contributed by atoms with Gasteiger partial charge in [0.1, 0.15) is 5.75 Å². The van der Waals surface area contributed by atoms with Crippen LogP contribution in [-0.2, 0) is 5.41 Å². The maximum atomic E-state index is 5.90. The molecular formula is C17H17Br2NO. The van der Waals surface area contributed by atoms with Crippen molar-refractivity contribution in [2.45, 2.75) is 11.8 Å². The Hall–Kier alpha value is -0.840. The van der Waals surface area contributed by atoms with Crippen LogP contribution in [0.25, 0.3) is 0 Å². The Labute approximate surface area is 142 Å². The van der Waals surface area contributed by atoms with Crippen LogP contribution in [-0.4, -0.2) is 19.7 Å². The summed E-state index contributed by atoms with van der Waals surface area (Å²) < 4.78 is 8.09. The summed E-state index contributed by atoms with van der Waals surface area (Å²) in [5.74, 6) is 0.918. The summed E-state index contributed by atoms with van der Waals surface area (Å²) in [5.41, 5.74) is 1.59. The fourth-order valence-electron chi connectivity index (χ4n) is 2.69. The number of rotatable bonds is 5. The van der Waals surface area contributed by atoms with Crippen molar-refractivity contribution in [2.75, 3.05) is 19.7 Å². The quantitative estimate of drug-likeness (QED) is 0.782. The summed E-state index contributed by atoms with van der Waals surface area (Å²) in [7, 11) is 0. The average molecular weight is 411 g/mol. The standard InChI is InChI=1S/C17H17Br2NO/c18-14-4-1-3-13(9-14)17(11-20-12-17)7-8-21-16-6-2-5-15(19)10-16/h1-6,9-10,20H,7-8,11-12H2. The van der Waals surface area contributed by atoms with Crippen molar-refractivity contribution in [3.05, 3.63) is 63.0 Å². The Bertz CT molecular complexity index is 626. The molecule has 3 rings (SSSR count). The number of nitrogens with one attached hydrogen (secondary N) is 1. The minimum atomic E-state index is 0.204. The van der Waals surface area contributed by atoms with Gasteiger partial charge < -0.3 is 10.1 Å². The zero-order valence-corrected chi connectivity index (χ0v) is 14.8.